The molecule has 0 aliphatic rings. The van der Waals surface area contributed by atoms with Gasteiger partial charge in [0.1, 0.15) is 11.5 Å². The first-order chi connectivity index (χ1) is 10.1. The summed E-state index contributed by atoms with van der Waals surface area (Å²) in [5.41, 5.74) is 2.38. The van der Waals surface area contributed by atoms with Gasteiger partial charge in [-0.2, -0.15) is 0 Å². The van der Waals surface area contributed by atoms with Crippen molar-refractivity contribution < 1.29 is 4.74 Å². The third kappa shape index (κ3) is 4.87. The molecule has 0 unspecified atom stereocenters. The van der Waals surface area contributed by atoms with Crippen LogP contribution in [0.5, 0.6) is 11.5 Å². The van der Waals surface area contributed by atoms with E-state index in [4.69, 9.17) is 4.74 Å². The standard InChI is InChI=1S/C18H22BrNO/c1-13(2)11-20-12-15-6-4-5-7-17(15)21-18-9-8-14(3)10-16(18)19/h4-10,13,20H,11-12H2,1-3H3. The summed E-state index contributed by atoms with van der Waals surface area (Å²) in [5.74, 6) is 2.39. The molecule has 0 radical (unpaired) electrons. The van der Waals surface area contributed by atoms with Crippen LogP contribution in [0.2, 0.25) is 0 Å². The molecule has 0 aliphatic heterocycles. The molecule has 0 atom stereocenters. The van der Waals surface area contributed by atoms with E-state index in [2.05, 4.69) is 60.2 Å². The monoisotopic (exact) mass is 347 g/mol. The molecule has 0 aromatic heterocycles. The first-order valence-electron chi connectivity index (χ1n) is 7.29. The lowest BCUT2D eigenvalue weighted by atomic mass is 10.1. The van der Waals surface area contributed by atoms with E-state index in [1.165, 1.54) is 11.1 Å². The second-order valence-corrected chi connectivity index (χ2v) is 6.52. The average Bonchev–Trinajstić information content (AvgIpc) is 2.43. The van der Waals surface area contributed by atoms with E-state index in [1.807, 2.05) is 24.3 Å². The number of ether oxygens (including phenoxy) is 1. The van der Waals surface area contributed by atoms with Gasteiger partial charge in [-0.05, 0) is 59.1 Å². The van der Waals surface area contributed by atoms with Crippen LogP contribution in [-0.4, -0.2) is 6.54 Å². The van der Waals surface area contributed by atoms with Crippen molar-refractivity contribution in [1.82, 2.24) is 5.32 Å². The molecule has 2 aromatic rings. The third-order valence-corrected chi connectivity index (χ3v) is 3.77. The Bertz CT molecular complexity index is 596. The second kappa shape index (κ2) is 7.62. The second-order valence-electron chi connectivity index (χ2n) is 5.67. The van der Waals surface area contributed by atoms with Crippen molar-refractivity contribution in [2.24, 2.45) is 5.92 Å². The minimum absolute atomic E-state index is 0.643. The van der Waals surface area contributed by atoms with Crippen molar-refractivity contribution in [2.45, 2.75) is 27.3 Å². The number of halogens is 1. The molecule has 0 saturated heterocycles. The molecule has 2 rings (SSSR count). The van der Waals surface area contributed by atoms with Crippen LogP contribution in [0.1, 0.15) is 25.0 Å². The van der Waals surface area contributed by atoms with Gasteiger partial charge < -0.3 is 10.1 Å². The smallest absolute Gasteiger partial charge is 0.141 e. The number of aryl methyl sites for hydroxylation is 1. The molecule has 21 heavy (non-hydrogen) atoms. The minimum Gasteiger partial charge on any atom is -0.456 e. The highest BCUT2D eigenvalue weighted by molar-refractivity contribution is 9.10. The van der Waals surface area contributed by atoms with Gasteiger partial charge in [0.15, 0.2) is 0 Å². The zero-order chi connectivity index (χ0) is 15.2. The van der Waals surface area contributed by atoms with Gasteiger partial charge in [0.2, 0.25) is 0 Å². The first kappa shape index (κ1) is 16.1. The molecule has 3 heteroatoms. The summed E-state index contributed by atoms with van der Waals surface area (Å²) in [7, 11) is 0. The lowest BCUT2D eigenvalue weighted by Crippen LogP contribution is -2.19. The number of para-hydroxylation sites is 1. The predicted octanol–water partition coefficient (Wildman–Crippen LogP) is 5.30. The van der Waals surface area contributed by atoms with Gasteiger partial charge in [-0.3, -0.25) is 0 Å². The van der Waals surface area contributed by atoms with Crippen LogP contribution in [0.4, 0.5) is 0 Å². The fourth-order valence-electron chi connectivity index (χ4n) is 2.05. The molecule has 1 N–H and O–H groups in total. The van der Waals surface area contributed by atoms with E-state index >= 15 is 0 Å². The number of hydrogen-bond donors (Lipinski definition) is 1. The van der Waals surface area contributed by atoms with Crippen molar-refractivity contribution >= 4 is 15.9 Å². The summed E-state index contributed by atoms with van der Waals surface area (Å²) in [6, 6.07) is 14.3. The first-order valence-corrected chi connectivity index (χ1v) is 8.08. The predicted molar refractivity (Wildman–Crippen MR) is 91.9 cm³/mol. The van der Waals surface area contributed by atoms with Crippen LogP contribution in [0, 0.1) is 12.8 Å². The quantitative estimate of drug-likeness (QED) is 0.765. The van der Waals surface area contributed by atoms with Crippen molar-refractivity contribution in [3.05, 3.63) is 58.1 Å². The maximum atomic E-state index is 6.07. The summed E-state index contributed by atoms with van der Waals surface area (Å²) in [5, 5.41) is 3.46. The van der Waals surface area contributed by atoms with Gasteiger partial charge in [0.25, 0.3) is 0 Å². The molecule has 0 fully saturated rings. The molecule has 2 nitrogen and oxygen atoms in total. The Morgan fingerprint density at radius 1 is 1.10 bits per heavy atom. The molecular formula is C18H22BrNO. The van der Waals surface area contributed by atoms with Crippen molar-refractivity contribution in [3.63, 3.8) is 0 Å². The molecule has 112 valence electrons. The van der Waals surface area contributed by atoms with Gasteiger partial charge in [-0.25, -0.2) is 0 Å². The summed E-state index contributed by atoms with van der Waals surface area (Å²) < 4.78 is 7.05. The SMILES string of the molecule is Cc1ccc(Oc2ccccc2CNCC(C)C)c(Br)c1. The Hall–Kier alpha value is -1.32. The van der Waals surface area contributed by atoms with E-state index < -0.39 is 0 Å². The Morgan fingerprint density at radius 2 is 1.86 bits per heavy atom. The van der Waals surface area contributed by atoms with E-state index in [0.717, 1.165) is 29.1 Å². The summed E-state index contributed by atoms with van der Waals surface area (Å²) in [6.45, 7) is 8.30. The Balaban J connectivity index is 2.12. The third-order valence-electron chi connectivity index (χ3n) is 3.15. The maximum absolute atomic E-state index is 6.07. The van der Waals surface area contributed by atoms with Crippen LogP contribution >= 0.6 is 15.9 Å². The topological polar surface area (TPSA) is 21.3 Å². The molecule has 0 amide bonds. The molecule has 0 heterocycles. The molecule has 0 saturated carbocycles. The van der Waals surface area contributed by atoms with Crippen LogP contribution in [0.3, 0.4) is 0 Å². The highest BCUT2D eigenvalue weighted by atomic mass is 79.9. The Morgan fingerprint density at radius 3 is 2.57 bits per heavy atom. The normalized spacial score (nSPS) is 10.9. The largest absolute Gasteiger partial charge is 0.456 e. The number of nitrogens with one attached hydrogen (secondary N) is 1. The number of benzene rings is 2. The van der Waals surface area contributed by atoms with Crippen molar-refractivity contribution in [1.29, 1.82) is 0 Å². The summed E-state index contributed by atoms with van der Waals surface area (Å²) in [6.07, 6.45) is 0. The molecular weight excluding hydrogens is 326 g/mol. The van der Waals surface area contributed by atoms with E-state index in [0.29, 0.717) is 5.92 Å². The maximum Gasteiger partial charge on any atom is 0.141 e. The van der Waals surface area contributed by atoms with Gasteiger partial charge >= 0.3 is 0 Å². The Kier molecular flexibility index (Phi) is 5.83. The van der Waals surface area contributed by atoms with E-state index in [-0.39, 0.29) is 0 Å². The fourth-order valence-corrected chi connectivity index (χ4v) is 2.63. The van der Waals surface area contributed by atoms with Crippen molar-refractivity contribution in [3.8, 4) is 11.5 Å². The summed E-state index contributed by atoms with van der Waals surface area (Å²) in [4.78, 5) is 0. The van der Waals surface area contributed by atoms with E-state index in [9.17, 15) is 0 Å². The lowest BCUT2D eigenvalue weighted by Gasteiger charge is -2.14. The average molecular weight is 348 g/mol. The van der Waals surface area contributed by atoms with Crippen LogP contribution in [0.15, 0.2) is 46.9 Å². The molecule has 0 bridgehead atoms. The number of rotatable bonds is 6. The number of hydrogen-bond acceptors (Lipinski definition) is 2. The van der Waals surface area contributed by atoms with Crippen molar-refractivity contribution in [2.75, 3.05) is 6.54 Å². The van der Waals surface area contributed by atoms with E-state index in [1.54, 1.807) is 0 Å². The van der Waals surface area contributed by atoms with Gasteiger partial charge in [0, 0.05) is 12.1 Å². The molecule has 0 aliphatic carbocycles. The zero-order valence-electron chi connectivity index (χ0n) is 12.8. The molecule has 2 aromatic carbocycles. The summed E-state index contributed by atoms with van der Waals surface area (Å²) >= 11 is 3.56. The Labute approximate surface area is 135 Å². The minimum atomic E-state index is 0.643. The zero-order valence-corrected chi connectivity index (χ0v) is 14.4. The van der Waals surface area contributed by atoms with Gasteiger partial charge in [-0.1, -0.05) is 38.1 Å². The highest BCUT2D eigenvalue weighted by Gasteiger charge is 2.07. The van der Waals surface area contributed by atoms with Crippen LogP contribution < -0.4 is 10.1 Å². The van der Waals surface area contributed by atoms with Crippen LogP contribution in [0.25, 0.3) is 0 Å². The van der Waals surface area contributed by atoms with Gasteiger partial charge in [-0.15, -0.1) is 0 Å². The highest BCUT2D eigenvalue weighted by Crippen LogP contribution is 2.32. The molecule has 0 spiro atoms. The lowest BCUT2D eigenvalue weighted by molar-refractivity contribution is 0.466. The van der Waals surface area contributed by atoms with Crippen LogP contribution in [-0.2, 0) is 6.54 Å². The van der Waals surface area contributed by atoms with Gasteiger partial charge in [0.05, 0.1) is 4.47 Å². The fraction of sp³-hybridized carbons (Fsp3) is 0.333.